The van der Waals surface area contributed by atoms with Crippen molar-refractivity contribution in [3.8, 4) is 11.5 Å². The van der Waals surface area contributed by atoms with Crippen LogP contribution in [0.4, 0.5) is 5.13 Å². The van der Waals surface area contributed by atoms with Crippen molar-refractivity contribution in [2.24, 2.45) is 5.73 Å². The Morgan fingerprint density at radius 2 is 2.08 bits per heavy atom. The molecular weight excluding hydrogens is 350 g/mol. The van der Waals surface area contributed by atoms with Crippen LogP contribution in [0.25, 0.3) is 0 Å². The minimum absolute atomic E-state index is 0.179. The van der Waals surface area contributed by atoms with Crippen LogP contribution < -0.4 is 20.5 Å². The van der Waals surface area contributed by atoms with Gasteiger partial charge in [-0.15, -0.1) is 11.8 Å². The molecule has 9 heteroatoms. The van der Waals surface area contributed by atoms with Crippen LogP contribution in [0.2, 0.25) is 0 Å². The van der Waals surface area contributed by atoms with Gasteiger partial charge < -0.3 is 15.2 Å². The highest BCUT2D eigenvalue weighted by atomic mass is 32.2. The predicted octanol–water partition coefficient (Wildman–Crippen LogP) is 2.05. The van der Waals surface area contributed by atoms with E-state index in [4.69, 9.17) is 15.2 Å². The number of carbonyl (C=O) groups excluding carboxylic acids is 2. The maximum Gasteiger partial charge on any atom is 0.257 e. The Kier molecular flexibility index (Phi) is 4.91. The number of nitrogens with two attached hydrogens (primary N) is 1. The number of anilines is 1. The molecule has 0 unspecified atom stereocenters. The van der Waals surface area contributed by atoms with Crippen LogP contribution in [0.15, 0.2) is 22.4 Å². The molecule has 0 fully saturated rings. The Bertz CT molecular complexity index is 791. The van der Waals surface area contributed by atoms with Gasteiger partial charge in [0.15, 0.2) is 16.6 Å². The molecule has 2 aromatic rings. The molecule has 0 radical (unpaired) electrons. The zero-order chi connectivity index (χ0) is 17.1. The lowest BCUT2D eigenvalue weighted by atomic mass is 10.2. The third kappa shape index (κ3) is 3.80. The Labute approximate surface area is 146 Å². The first-order valence-electron chi connectivity index (χ1n) is 7.12. The lowest BCUT2D eigenvalue weighted by Crippen LogP contribution is -2.17. The molecule has 0 saturated heterocycles. The first-order valence-corrected chi connectivity index (χ1v) is 8.92. The fourth-order valence-corrected chi connectivity index (χ4v) is 3.93. The van der Waals surface area contributed by atoms with E-state index >= 15 is 0 Å². The summed E-state index contributed by atoms with van der Waals surface area (Å²) in [6, 6.07) is 5.03. The summed E-state index contributed by atoms with van der Waals surface area (Å²) in [7, 11) is 0. The quantitative estimate of drug-likeness (QED) is 0.786. The van der Waals surface area contributed by atoms with Crippen molar-refractivity contribution in [1.29, 1.82) is 0 Å². The van der Waals surface area contributed by atoms with Crippen molar-refractivity contribution >= 4 is 40.0 Å². The smallest absolute Gasteiger partial charge is 0.257 e. The molecule has 1 aliphatic heterocycles. The lowest BCUT2D eigenvalue weighted by Gasteiger charge is -2.18. The van der Waals surface area contributed by atoms with Crippen molar-refractivity contribution in [3.63, 3.8) is 0 Å². The summed E-state index contributed by atoms with van der Waals surface area (Å²) in [6.07, 6.45) is 0. The summed E-state index contributed by atoms with van der Waals surface area (Å²) in [6.45, 7) is 2.78. The Balaban J connectivity index is 1.70. The molecule has 3 rings (SSSR count). The van der Waals surface area contributed by atoms with Gasteiger partial charge in [-0.25, -0.2) is 4.98 Å². The third-order valence-corrected chi connectivity index (χ3v) is 5.58. The molecule has 1 aromatic carbocycles. The van der Waals surface area contributed by atoms with E-state index in [0.29, 0.717) is 35.4 Å². The summed E-state index contributed by atoms with van der Waals surface area (Å²) in [5.74, 6) is 0.690. The van der Waals surface area contributed by atoms with Gasteiger partial charge in [0.1, 0.15) is 13.2 Å². The van der Waals surface area contributed by atoms with Crippen molar-refractivity contribution < 1.29 is 19.1 Å². The SMILES string of the molecule is Cc1nc(NC(=O)c2ccc3c(c2)OCCO3)sc1SCC(N)=O. The first kappa shape index (κ1) is 16.6. The van der Waals surface area contributed by atoms with E-state index in [-0.39, 0.29) is 11.7 Å². The lowest BCUT2D eigenvalue weighted by molar-refractivity contribution is -0.115. The Morgan fingerprint density at radius 1 is 1.33 bits per heavy atom. The third-order valence-electron chi connectivity index (χ3n) is 3.12. The van der Waals surface area contributed by atoms with Gasteiger partial charge in [-0.1, -0.05) is 11.3 Å². The van der Waals surface area contributed by atoms with Crippen molar-refractivity contribution in [2.45, 2.75) is 11.1 Å². The number of rotatable bonds is 5. The average Bonchev–Trinajstić information content (AvgIpc) is 2.91. The second kappa shape index (κ2) is 7.10. The monoisotopic (exact) mass is 365 g/mol. The Morgan fingerprint density at radius 3 is 2.83 bits per heavy atom. The summed E-state index contributed by atoms with van der Waals surface area (Å²) in [5, 5.41) is 3.23. The van der Waals surface area contributed by atoms with Gasteiger partial charge in [0.25, 0.3) is 5.91 Å². The molecule has 7 nitrogen and oxygen atoms in total. The number of amides is 2. The van der Waals surface area contributed by atoms with Gasteiger partial charge in [0.05, 0.1) is 15.7 Å². The fourth-order valence-electron chi connectivity index (χ4n) is 2.06. The molecule has 2 amide bonds. The molecule has 0 saturated carbocycles. The number of thioether (sulfide) groups is 1. The number of hydrogen-bond acceptors (Lipinski definition) is 7. The highest BCUT2D eigenvalue weighted by Crippen LogP contribution is 2.33. The fraction of sp³-hybridized carbons (Fsp3) is 0.267. The number of thiazole rings is 1. The summed E-state index contributed by atoms with van der Waals surface area (Å²) >= 11 is 2.62. The van der Waals surface area contributed by atoms with Gasteiger partial charge in [-0.3, -0.25) is 14.9 Å². The van der Waals surface area contributed by atoms with Crippen LogP contribution >= 0.6 is 23.1 Å². The number of nitrogens with one attached hydrogen (secondary N) is 1. The number of carbonyl (C=O) groups is 2. The summed E-state index contributed by atoms with van der Waals surface area (Å²) in [4.78, 5) is 27.5. The molecule has 24 heavy (non-hydrogen) atoms. The van der Waals surface area contributed by atoms with Crippen LogP contribution in [-0.4, -0.2) is 35.8 Å². The number of hydrogen-bond donors (Lipinski definition) is 2. The summed E-state index contributed by atoms with van der Waals surface area (Å²) in [5.41, 5.74) is 6.35. The van der Waals surface area contributed by atoms with Crippen LogP contribution in [0.3, 0.4) is 0 Å². The number of fused-ring (bicyclic) bond motifs is 1. The number of benzene rings is 1. The van der Waals surface area contributed by atoms with E-state index in [9.17, 15) is 9.59 Å². The highest BCUT2D eigenvalue weighted by molar-refractivity contribution is 8.01. The zero-order valence-corrected chi connectivity index (χ0v) is 14.5. The molecule has 2 heterocycles. The zero-order valence-electron chi connectivity index (χ0n) is 12.8. The van der Waals surface area contributed by atoms with Crippen LogP contribution in [0.1, 0.15) is 16.1 Å². The molecule has 1 aliphatic rings. The largest absolute Gasteiger partial charge is 0.486 e. The topological polar surface area (TPSA) is 104 Å². The standard InChI is InChI=1S/C15H15N3O4S2/c1-8-14(23-7-12(16)19)24-15(17-8)18-13(20)9-2-3-10-11(6-9)22-5-4-21-10/h2-3,6H,4-5,7H2,1H3,(H2,16,19)(H,17,18,20). The van der Waals surface area contributed by atoms with Crippen LogP contribution in [0.5, 0.6) is 11.5 Å². The first-order chi connectivity index (χ1) is 11.5. The molecule has 1 aromatic heterocycles. The van der Waals surface area contributed by atoms with E-state index in [1.807, 2.05) is 6.92 Å². The molecule has 3 N–H and O–H groups in total. The second-order valence-corrected chi connectivity index (χ2v) is 7.20. The number of primary amides is 1. The molecule has 0 aliphatic carbocycles. The van der Waals surface area contributed by atoms with Gasteiger partial charge in [0.2, 0.25) is 5.91 Å². The maximum absolute atomic E-state index is 12.4. The van der Waals surface area contributed by atoms with Gasteiger partial charge in [-0.2, -0.15) is 0 Å². The van der Waals surface area contributed by atoms with Crippen molar-refractivity contribution in [1.82, 2.24) is 4.98 Å². The van der Waals surface area contributed by atoms with Crippen LogP contribution in [0, 0.1) is 6.92 Å². The minimum atomic E-state index is -0.394. The highest BCUT2D eigenvalue weighted by Gasteiger charge is 2.17. The van der Waals surface area contributed by atoms with E-state index in [2.05, 4.69) is 10.3 Å². The average molecular weight is 365 g/mol. The predicted molar refractivity (Wildman–Crippen MR) is 92.2 cm³/mol. The number of aryl methyl sites for hydroxylation is 1. The van der Waals surface area contributed by atoms with Gasteiger partial charge >= 0.3 is 0 Å². The van der Waals surface area contributed by atoms with E-state index in [0.717, 1.165) is 9.90 Å². The number of nitrogens with zero attached hydrogens (tertiary/aromatic N) is 1. The molecule has 0 bridgehead atoms. The van der Waals surface area contributed by atoms with E-state index in [1.165, 1.54) is 23.1 Å². The van der Waals surface area contributed by atoms with Crippen LogP contribution in [-0.2, 0) is 4.79 Å². The summed E-state index contributed by atoms with van der Waals surface area (Å²) < 4.78 is 11.8. The van der Waals surface area contributed by atoms with Crippen molar-refractivity contribution in [2.75, 3.05) is 24.3 Å². The van der Waals surface area contributed by atoms with Gasteiger partial charge in [0, 0.05) is 5.56 Å². The maximum atomic E-state index is 12.4. The van der Waals surface area contributed by atoms with Gasteiger partial charge in [-0.05, 0) is 25.1 Å². The second-order valence-electron chi connectivity index (χ2n) is 4.96. The van der Waals surface area contributed by atoms with E-state index in [1.54, 1.807) is 18.2 Å². The Hall–Kier alpha value is -2.26. The number of ether oxygens (including phenoxy) is 2. The molecule has 0 spiro atoms. The molecule has 0 atom stereocenters. The van der Waals surface area contributed by atoms with E-state index < -0.39 is 5.91 Å². The normalized spacial score (nSPS) is 12.7. The molecule has 126 valence electrons. The molecular formula is C15H15N3O4S2. The number of aromatic nitrogens is 1. The minimum Gasteiger partial charge on any atom is -0.486 e. The van der Waals surface area contributed by atoms with Crippen molar-refractivity contribution in [3.05, 3.63) is 29.5 Å².